The van der Waals surface area contributed by atoms with Gasteiger partial charge in [0.1, 0.15) is 5.82 Å². The van der Waals surface area contributed by atoms with E-state index in [0.717, 1.165) is 24.8 Å². The fourth-order valence-corrected chi connectivity index (χ4v) is 2.38. The Labute approximate surface area is 102 Å². The van der Waals surface area contributed by atoms with Crippen molar-refractivity contribution in [3.63, 3.8) is 0 Å². The fourth-order valence-electron chi connectivity index (χ4n) is 2.38. The van der Waals surface area contributed by atoms with Crippen LogP contribution < -0.4 is 15.4 Å². The quantitative estimate of drug-likeness (QED) is 0.862. The van der Waals surface area contributed by atoms with E-state index in [1.165, 1.54) is 19.3 Å². The highest BCUT2D eigenvalue weighted by molar-refractivity contribution is 5.46. The van der Waals surface area contributed by atoms with Gasteiger partial charge in [0.25, 0.3) is 0 Å². The first-order valence-corrected chi connectivity index (χ1v) is 6.16. The van der Waals surface area contributed by atoms with Gasteiger partial charge in [-0.25, -0.2) is 0 Å². The summed E-state index contributed by atoms with van der Waals surface area (Å²) in [4.78, 5) is 10.5. The molecule has 1 aliphatic rings. The Bertz CT molecular complexity index is 383. The molecule has 0 amide bonds. The number of aromatic nitrogens is 2. The summed E-state index contributed by atoms with van der Waals surface area (Å²) in [5, 5.41) is 0. The summed E-state index contributed by atoms with van der Waals surface area (Å²) in [6.07, 6.45) is 3.77. The van der Waals surface area contributed by atoms with Crippen LogP contribution in [0, 0.1) is 5.92 Å². The summed E-state index contributed by atoms with van der Waals surface area (Å²) in [6.45, 7) is 4.34. The molecule has 1 fully saturated rings. The van der Waals surface area contributed by atoms with Crippen LogP contribution in [0.3, 0.4) is 0 Å². The van der Waals surface area contributed by atoms with Crippen LogP contribution in [0.1, 0.15) is 26.2 Å². The Kier molecular flexibility index (Phi) is 3.66. The normalized spacial score (nSPS) is 19.6. The zero-order valence-electron chi connectivity index (χ0n) is 10.5. The van der Waals surface area contributed by atoms with Crippen LogP contribution in [0.15, 0.2) is 6.07 Å². The van der Waals surface area contributed by atoms with Crippen molar-refractivity contribution in [3.05, 3.63) is 6.07 Å². The molecule has 5 heteroatoms. The Morgan fingerprint density at radius 1 is 1.53 bits per heavy atom. The Morgan fingerprint density at radius 2 is 2.35 bits per heavy atom. The van der Waals surface area contributed by atoms with Crippen LogP contribution in [0.25, 0.3) is 0 Å². The van der Waals surface area contributed by atoms with Gasteiger partial charge in [0.2, 0.25) is 11.8 Å². The molecule has 0 saturated carbocycles. The maximum absolute atomic E-state index is 5.67. The SMILES string of the molecule is CCCC1CCN(c2cc(OC)nc(N)n2)C1. The number of nitrogen functional groups attached to an aromatic ring is 1. The Morgan fingerprint density at radius 3 is 3.06 bits per heavy atom. The average Bonchev–Trinajstić information content (AvgIpc) is 2.77. The number of anilines is 2. The predicted molar refractivity (Wildman–Crippen MR) is 68.2 cm³/mol. The van der Waals surface area contributed by atoms with E-state index in [-0.39, 0.29) is 5.95 Å². The third kappa shape index (κ3) is 2.78. The first-order valence-electron chi connectivity index (χ1n) is 6.16. The van der Waals surface area contributed by atoms with Gasteiger partial charge in [-0.1, -0.05) is 13.3 Å². The van der Waals surface area contributed by atoms with Crippen molar-refractivity contribution in [2.24, 2.45) is 5.92 Å². The Balaban J connectivity index is 2.10. The smallest absolute Gasteiger partial charge is 0.225 e. The molecule has 1 aromatic heterocycles. The van der Waals surface area contributed by atoms with Crippen molar-refractivity contribution < 1.29 is 4.74 Å². The molecule has 0 aliphatic carbocycles. The summed E-state index contributed by atoms with van der Waals surface area (Å²) in [5.74, 6) is 2.47. The van der Waals surface area contributed by atoms with Gasteiger partial charge < -0.3 is 15.4 Å². The van der Waals surface area contributed by atoms with E-state index in [2.05, 4.69) is 21.8 Å². The van der Waals surface area contributed by atoms with E-state index in [1.54, 1.807) is 7.11 Å². The number of rotatable bonds is 4. The molecule has 1 unspecified atom stereocenters. The molecule has 0 bridgehead atoms. The lowest BCUT2D eigenvalue weighted by Gasteiger charge is -2.18. The summed E-state index contributed by atoms with van der Waals surface area (Å²) < 4.78 is 5.11. The zero-order valence-corrected chi connectivity index (χ0v) is 10.5. The van der Waals surface area contributed by atoms with Crippen molar-refractivity contribution >= 4 is 11.8 Å². The number of hydrogen-bond donors (Lipinski definition) is 1. The van der Waals surface area contributed by atoms with Crippen LogP contribution in [-0.4, -0.2) is 30.2 Å². The summed E-state index contributed by atoms with van der Waals surface area (Å²) in [6, 6.07) is 1.85. The monoisotopic (exact) mass is 236 g/mol. The number of methoxy groups -OCH3 is 1. The Hall–Kier alpha value is -1.52. The van der Waals surface area contributed by atoms with Crippen molar-refractivity contribution in [3.8, 4) is 5.88 Å². The molecule has 1 aromatic rings. The number of nitrogens with zero attached hydrogens (tertiary/aromatic N) is 3. The molecule has 5 nitrogen and oxygen atoms in total. The first kappa shape index (κ1) is 12.0. The summed E-state index contributed by atoms with van der Waals surface area (Å²) in [5.41, 5.74) is 5.67. The van der Waals surface area contributed by atoms with E-state index in [1.807, 2.05) is 6.07 Å². The number of hydrogen-bond acceptors (Lipinski definition) is 5. The van der Waals surface area contributed by atoms with Crippen molar-refractivity contribution in [1.29, 1.82) is 0 Å². The minimum absolute atomic E-state index is 0.276. The maximum Gasteiger partial charge on any atom is 0.225 e. The lowest BCUT2D eigenvalue weighted by atomic mass is 10.0. The van der Waals surface area contributed by atoms with Gasteiger partial charge in [-0.05, 0) is 18.8 Å². The second kappa shape index (κ2) is 5.21. The minimum Gasteiger partial charge on any atom is -0.481 e. The molecule has 1 saturated heterocycles. The van der Waals surface area contributed by atoms with Gasteiger partial charge in [-0.2, -0.15) is 9.97 Å². The lowest BCUT2D eigenvalue weighted by molar-refractivity contribution is 0.397. The van der Waals surface area contributed by atoms with E-state index in [0.29, 0.717) is 5.88 Å². The molecule has 2 N–H and O–H groups in total. The first-order chi connectivity index (χ1) is 8.22. The number of nitrogens with two attached hydrogens (primary N) is 1. The summed E-state index contributed by atoms with van der Waals surface area (Å²) >= 11 is 0. The second-order valence-corrected chi connectivity index (χ2v) is 4.52. The highest BCUT2D eigenvalue weighted by Gasteiger charge is 2.23. The van der Waals surface area contributed by atoms with Crippen molar-refractivity contribution in [1.82, 2.24) is 9.97 Å². The molecular weight excluding hydrogens is 216 g/mol. The van der Waals surface area contributed by atoms with Gasteiger partial charge in [0.15, 0.2) is 0 Å². The predicted octanol–water partition coefficient (Wildman–Crippen LogP) is 1.69. The molecular formula is C12H20N4O. The van der Waals surface area contributed by atoms with Crippen LogP contribution in [0.5, 0.6) is 5.88 Å². The van der Waals surface area contributed by atoms with Gasteiger partial charge in [0.05, 0.1) is 7.11 Å². The molecule has 2 rings (SSSR count). The zero-order chi connectivity index (χ0) is 12.3. The molecule has 1 atom stereocenters. The molecule has 17 heavy (non-hydrogen) atoms. The minimum atomic E-state index is 0.276. The highest BCUT2D eigenvalue weighted by Crippen LogP contribution is 2.27. The molecule has 0 radical (unpaired) electrons. The van der Waals surface area contributed by atoms with E-state index >= 15 is 0 Å². The van der Waals surface area contributed by atoms with Gasteiger partial charge in [-0.15, -0.1) is 0 Å². The van der Waals surface area contributed by atoms with Crippen LogP contribution in [0.4, 0.5) is 11.8 Å². The topological polar surface area (TPSA) is 64.3 Å². The van der Waals surface area contributed by atoms with E-state index < -0.39 is 0 Å². The van der Waals surface area contributed by atoms with Crippen LogP contribution in [0.2, 0.25) is 0 Å². The number of ether oxygens (including phenoxy) is 1. The molecule has 1 aliphatic heterocycles. The second-order valence-electron chi connectivity index (χ2n) is 4.52. The third-order valence-corrected chi connectivity index (χ3v) is 3.22. The largest absolute Gasteiger partial charge is 0.481 e. The van der Waals surface area contributed by atoms with Crippen LogP contribution >= 0.6 is 0 Å². The summed E-state index contributed by atoms with van der Waals surface area (Å²) in [7, 11) is 1.59. The molecule has 0 spiro atoms. The van der Waals surface area contributed by atoms with E-state index in [4.69, 9.17) is 10.5 Å². The standard InChI is InChI=1S/C12H20N4O/c1-3-4-9-5-6-16(8-9)10-7-11(17-2)15-12(13)14-10/h7,9H,3-6,8H2,1-2H3,(H2,13,14,15). The molecule has 0 aromatic carbocycles. The highest BCUT2D eigenvalue weighted by atomic mass is 16.5. The van der Waals surface area contributed by atoms with Crippen LogP contribution in [-0.2, 0) is 0 Å². The van der Waals surface area contributed by atoms with Gasteiger partial charge >= 0.3 is 0 Å². The molecule has 94 valence electrons. The third-order valence-electron chi connectivity index (χ3n) is 3.22. The van der Waals surface area contributed by atoms with Gasteiger partial charge in [-0.3, -0.25) is 0 Å². The fraction of sp³-hybridized carbons (Fsp3) is 0.667. The molecule has 2 heterocycles. The van der Waals surface area contributed by atoms with Gasteiger partial charge in [0, 0.05) is 19.2 Å². The lowest BCUT2D eigenvalue weighted by Crippen LogP contribution is -2.21. The maximum atomic E-state index is 5.67. The van der Waals surface area contributed by atoms with Crippen molar-refractivity contribution in [2.45, 2.75) is 26.2 Å². The average molecular weight is 236 g/mol. The van der Waals surface area contributed by atoms with Crippen molar-refractivity contribution in [2.75, 3.05) is 30.8 Å². The van der Waals surface area contributed by atoms with E-state index in [9.17, 15) is 0 Å².